The van der Waals surface area contributed by atoms with Gasteiger partial charge in [0.05, 0.1) is 5.56 Å². The molecule has 17 heavy (non-hydrogen) atoms. The van der Waals surface area contributed by atoms with Gasteiger partial charge in [-0.15, -0.1) is 0 Å². The Bertz CT molecular complexity index is 457. The van der Waals surface area contributed by atoms with Crippen molar-refractivity contribution in [2.45, 2.75) is 13.8 Å². The zero-order valence-corrected chi connectivity index (χ0v) is 15.5. The van der Waals surface area contributed by atoms with Gasteiger partial charge in [-0.2, -0.15) is 0 Å². The first-order valence-corrected chi connectivity index (χ1v) is 7.55. The number of amides is 1. The number of primary amides is 1. The molecule has 0 saturated heterocycles. The van der Waals surface area contributed by atoms with Gasteiger partial charge in [-0.25, -0.2) is 4.79 Å². The first kappa shape index (κ1) is 17.4. The average molecular weight is 573 g/mol. The van der Waals surface area contributed by atoms with E-state index in [1.165, 1.54) is 6.92 Å². The molecular formula is C10H10I3NO3. The molecule has 0 saturated carbocycles. The average Bonchev–Trinajstić information content (AvgIpc) is 2.12. The second-order valence-electron chi connectivity index (χ2n) is 3.07. The van der Waals surface area contributed by atoms with Crippen LogP contribution in [0.15, 0.2) is 6.07 Å². The number of aromatic carboxylic acids is 1. The van der Waals surface area contributed by atoms with Gasteiger partial charge >= 0.3 is 5.97 Å². The minimum absolute atomic E-state index is 0.333. The molecule has 0 radical (unpaired) electrons. The molecule has 1 amide bonds. The van der Waals surface area contributed by atoms with Crippen molar-refractivity contribution in [2.24, 2.45) is 5.73 Å². The predicted molar refractivity (Wildman–Crippen MR) is 91.2 cm³/mol. The van der Waals surface area contributed by atoms with Crippen LogP contribution in [-0.2, 0) is 4.79 Å². The number of hydrogen-bond acceptors (Lipinski definition) is 2. The monoisotopic (exact) mass is 573 g/mol. The van der Waals surface area contributed by atoms with E-state index in [2.05, 4.69) is 73.5 Å². The number of hydrogen-bond donors (Lipinski definition) is 2. The number of nitrogens with two attached hydrogens (primary N) is 1. The second-order valence-corrected chi connectivity index (χ2v) is 6.47. The van der Waals surface area contributed by atoms with E-state index in [9.17, 15) is 9.59 Å². The smallest absolute Gasteiger partial charge is 0.337 e. The van der Waals surface area contributed by atoms with Crippen molar-refractivity contribution >= 4 is 79.6 Å². The third kappa shape index (κ3) is 5.68. The van der Waals surface area contributed by atoms with Crippen molar-refractivity contribution < 1.29 is 14.7 Å². The Hall–Kier alpha value is 0.350. The van der Waals surface area contributed by atoms with Crippen LogP contribution >= 0.6 is 67.8 Å². The summed E-state index contributed by atoms with van der Waals surface area (Å²) in [5, 5.41) is 8.95. The molecule has 94 valence electrons. The lowest BCUT2D eigenvalue weighted by Crippen LogP contribution is -2.05. The molecule has 1 aromatic carbocycles. The number of carboxylic acid groups (broad SMARTS) is 1. The Kier molecular flexibility index (Phi) is 7.87. The fourth-order valence-electron chi connectivity index (χ4n) is 0.885. The Morgan fingerprint density at radius 2 is 1.65 bits per heavy atom. The molecule has 1 rings (SSSR count). The molecule has 0 atom stereocenters. The highest BCUT2D eigenvalue weighted by Crippen LogP contribution is 2.26. The van der Waals surface area contributed by atoms with E-state index >= 15 is 0 Å². The predicted octanol–water partition coefficient (Wildman–Crippen LogP) is 3.00. The summed E-state index contributed by atoms with van der Waals surface area (Å²) in [5.41, 5.74) is 5.93. The Morgan fingerprint density at radius 3 is 2.00 bits per heavy atom. The molecule has 0 bridgehead atoms. The number of benzene rings is 1. The molecular weight excluding hydrogens is 563 g/mol. The summed E-state index contributed by atoms with van der Waals surface area (Å²) in [6.45, 7) is 3.24. The molecule has 0 aliphatic heterocycles. The lowest BCUT2D eigenvalue weighted by Gasteiger charge is -2.07. The largest absolute Gasteiger partial charge is 0.478 e. The van der Waals surface area contributed by atoms with Gasteiger partial charge in [0, 0.05) is 17.6 Å². The quantitative estimate of drug-likeness (QED) is 0.508. The van der Waals surface area contributed by atoms with Crippen molar-refractivity contribution in [3.63, 3.8) is 0 Å². The molecule has 0 aliphatic carbocycles. The summed E-state index contributed by atoms with van der Waals surface area (Å²) in [6, 6.07) is 1.89. The normalized spacial score (nSPS) is 9.24. The highest BCUT2D eigenvalue weighted by atomic mass is 127. The van der Waals surface area contributed by atoms with Gasteiger partial charge in [-0.1, -0.05) is 0 Å². The Balaban J connectivity index is 0.000000557. The Labute approximate surface area is 140 Å². The molecule has 1 aromatic rings. The van der Waals surface area contributed by atoms with Gasteiger partial charge < -0.3 is 10.8 Å². The fraction of sp³-hybridized carbons (Fsp3) is 0.200. The third-order valence-corrected chi connectivity index (χ3v) is 4.93. The molecule has 4 nitrogen and oxygen atoms in total. The maximum atomic E-state index is 10.9. The van der Waals surface area contributed by atoms with Gasteiger partial charge in [0.2, 0.25) is 5.91 Å². The van der Waals surface area contributed by atoms with Crippen molar-refractivity contribution in [3.8, 4) is 0 Å². The molecule has 0 spiro atoms. The molecule has 0 unspecified atom stereocenters. The van der Waals surface area contributed by atoms with Crippen LogP contribution in [0.1, 0.15) is 22.8 Å². The second kappa shape index (κ2) is 7.71. The SMILES string of the molecule is CC(N)=O.Cc1c(I)cc(I)c(C(=O)O)c1I. The van der Waals surface area contributed by atoms with Crippen LogP contribution in [0.3, 0.4) is 0 Å². The summed E-state index contributed by atoms with van der Waals surface area (Å²) in [4.78, 5) is 20.1. The maximum Gasteiger partial charge on any atom is 0.337 e. The van der Waals surface area contributed by atoms with Crippen LogP contribution in [0.5, 0.6) is 0 Å². The summed E-state index contributed by atoms with van der Waals surface area (Å²) >= 11 is 6.35. The maximum absolute atomic E-state index is 10.9. The zero-order valence-electron chi connectivity index (χ0n) is 9.05. The van der Waals surface area contributed by atoms with E-state index in [0.29, 0.717) is 5.56 Å². The van der Waals surface area contributed by atoms with Crippen LogP contribution in [0.2, 0.25) is 0 Å². The first-order chi connectivity index (χ1) is 7.68. The van der Waals surface area contributed by atoms with Crippen LogP contribution in [0, 0.1) is 17.6 Å². The van der Waals surface area contributed by atoms with Crippen LogP contribution in [0.25, 0.3) is 0 Å². The van der Waals surface area contributed by atoms with E-state index < -0.39 is 5.97 Å². The molecule has 3 N–H and O–H groups in total. The standard InChI is InChI=1S/C8H5I3O2.C2H5NO/c1-3-4(9)2-5(10)6(7(3)11)8(12)13;1-2(3)4/h2H,1H3,(H,12,13);1H3,(H2,3,4). The molecule has 0 fully saturated rings. The van der Waals surface area contributed by atoms with E-state index in [1.807, 2.05) is 13.0 Å². The summed E-state index contributed by atoms with van der Waals surface area (Å²) in [5.74, 6) is -1.19. The van der Waals surface area contributed by atoms with Gasteiger partial charge in [-0.05, 0) is 86.3 Å². The lowest BCUT2D eigenvalue weighted by atomic mass is 10.1. The highest BCUT2D eigenvalue weighted by molar-refractivity contribution is 14.1. The van der Waals surface area contributed by atoms with Gasteiger partial charge in [-0.3, -0.25) is 4.79 Å². The first-order valence-electron chi connectivity index (χ1n) is 4.31. The van der Waals surface area contributed by atoms with E-state index in [0.717, 1.165) is 16.3 Å². The number of halogens is 3. The van der Waals surface area contributed by atoms with Gasteiger partial charge in [0.15, 0.2) is 0 Å². The topological polar surface area (TPSA) is 80.4 Å². The van der Waals surface area contributed by atoms with E-state index in [4.69, 9.17) is 5.11 Å². The molecule has 0 aromatic heterocycles. The van der Waals surface area contributed by atoms with E-state index in [-0.39, 0.29) is 5.91 Å². The lowest BCUT2D eigenvalue weighted by molar-refractivity contribution is -0.115. The van der Waals surface area contributed by atoms with Crippen molar-refractivity contribution in [3.05, 3.63) is 27.9 Å². The number of carboxylic acids is 1. The number of carbonyl (C=O) groups excluding carboxylic acids is 1. The van der Waals surface area contributed by atoms with E-state index in [1.54, 1.807) is 0 Å². The minimum atomic E-state index is -0.853. The summed E-state index contributed by atoms with van der Waals surface area (Å²) in [6.07, 6.45) is 0. The zero-order chi connectivity index (χ0) is 13.7. The molecule has 0 heterocycles. The van der Waals surface area contributed by atoms with Crippen LogP contribution in [0.4, 0.5) is 0 Å². The van der Waals surface area contributed by atoms with Gasteiger partial charge in [0.1, 0.15) is 0 Å². The highest BCUT2D eigenvalue weighted by Gasteiger charge is 2.16. The van der Waals surface area contributed by atoms with Gasteiger partial charge in [0.25, 0.3) is 0 Å². The van der Waals surface area contributed by atoms with Crippen LogP contribution in [-0.4, -0.2) is 17.0 Å². The Morgan fingerprint density at radius 1 is 1.24 bits per heavy atom. The minimum Gasteiger partial charge on any atom is -0.478 e. The van der Waals surface area contributed by atoms with Crippen LogP contribution < -0.4 is 5.73 Å². The molecule has 7 heteroatoms. The number of carbonyl (C=O) groups is 2. The fourth-order valence-corrected chi connectivity index (χ4v) is 4.72. The third-order valence-electron chi connectivity index (χ3n) is 1.61. The summed E-state index contributed by atoms with van der Waals surface area (Å²) in [7, 11) is 0. The van der Waals surface area contributed by atoms with Crippen molar-refractivity contribution in [2.75, 3.05) is 0 Å². The number of rotatable bonds is 1. The molecule has 0 aliphatic rings. The summed E-state index contributed by atoms with van der Waals surface area (Å²) < 4.78 is 2.74. The van der Waals surface area contributed by atoms with Crippen molar-refractivity contribution in [1.82, 2.24) is 0 Å². The van der Waals surface area contributed by atoms with Crippen molar-refractivity contribution in [1.29, 1.82) is 0 Å².